The highest BCUT2D eigenvalue weighted by molar-refractivity contribution is 5.96. The van der Waals surface area contributed by atoms with Crippen LogP contribution in [-0.4, -0.2) is 95.5 Å². The van der Waals surface area contributed by atoms with E-state index in [0.29, 0.717) is 55.2 Å². The van der Waals surface area contributed by atoms with Crippen molar-refractivity contribution in [2.24, 2.45) is 40.4 Å². The number of aliphatic hydroxyl groups excluding tert-OH is 2. The van der Waals surface area contributed by atoms with Crippen molar-refractivity contribution in [1.29, 1.82) is 0 Å². The van der Waals surface area contributed by atoms with Gasteiger partial charge in [0.2, 0.25) is 0 Å². The molecule has 0 amide bonds. The Morgan fingerprint density at radius 3 is 2.45 bits per heavy atom. The Balaban J connectivity index is 1.22. The van der Waals surface area contributed by atoms with Crippen LogP contribution in [0.25, 0.3) is 0 Å². The van der Waals surface area contributed by atoms with Crippen LogP contribution in [0, 0.1) is 40.4 Å². The van der Waals surface area contributed by atoms with Crippen molar-refractivity contribution in [1.82, 2.24) is 0 Å². The number of ketones is 1. The van der Waals surface area contributed by atoms with E-state index in [9.17, 15) is 40.5 Å². The third-order valence-electron chi connectivity index (χ3n) is 16.4. The maximum atomic E-state index is 14.8. The molecule has 7 aliphatic rings. The average molecular weight is 711 g/mol. The monoisotopic (exact) mass is 710 g/mol. The van der Waals surface area contributed by atoms with E-state index in [-0.39, 0.29) is 61.1 Å². The van der Waals surface area contributed by atoms with Gasteiger partial charge in [0, 0.05) is 48.9 Å². The molecule has 7 N–H and O–H groups in total. The number of carbonyl (C=O) groups excluding carboxylic acids is 1. The van der Waals surface area contributed by atoms with Crippen molar-refractivity contribution >= 4 is 5.78 Å². The van der Waals surface area contributed by atoms with E-state index in [2.05, 4.69) is 13.8 Å². The van der Waals surface area contributed by atoms with Crippen LogP contribution in [0.4, 0.5) is 0 Å². The molecule has 1 heterocycles. The van der Waals surface area contributed by atoms with Gasteiger partial charge in [0.05, 0.1) is 35.1 Å². The molecule has 51 heavy (non-hydrogen) atoms. The minimum Gasteiger partial charge on any atom is -0.508 e. The van der Waals surface area contributed by atoms with Gasteiger partial charge in [-0.3, -0.25) is 4.79 Å². The fourth-order valence-electron chi connectivity index (χ4n) is 13.6. The second kappa shape index (κ2) is 11.5. The molecule has 0 bridgehead atoms. The normalized spacial score (nSPS) is 51.5. The van der Waals surface area contributed by atoms with Gasteiger partial charge in [-0.15, -0.1) is 0 Å². The third kappa shape index (κ3) is 4.44. The van der Waals surface area contributed by atoms with Crippen LogP contribution < -0.4 is 0 Å². The third-order valence-corrected chi connectivity index (χ3v) is 16.4. The Kier molecular flexibility index (Phi) is 8.09. The number of phenolic OH excluding ortho intramolecular Hbond substituents is 2. The van der Waals surface area contributed by atoms with Gasteiger partial charge in [-0.05, 0) is 104 Å². The van der Waals surface area contributed by atoms with Crippen LogP contribution in [-0.2, 0) is 20.7 Å². The number of benzene rings is 1. The van der Waals surface area contributed by atoms with Crippen molar-refractivity contribution in [3.8, 4) is 11.5 Å². The van der Waals surface area contributed by atoms with Gasteiger partial charge in [0.15, 0.2) is 5.78 Å². The Morgan fingerprint density at radius 2 is 1.73 bits per heavy atom. The molecule has 15 atom stereocenters. The van der Waals surface area contributed by atoms with Gasteiger partial charge in [-0.1, -0.05) is 40.5 Å². The molecule has 1 spiro atoms. The second-order valence-corrected chi connectivity index (χ2v) is 18.5. The highest BCUT2D eigenvalue weighted by Crippen LogP contribution is 2.74. The molecule has 0 radical (unpaired) electrons. The summed E-state index contributed by atoms with van der Waals surface area (Å²) in [7, 11) is 0. The van der Waals surface area contributed by atoms with E-state index in [4.69, 9.17) is 9.47 Å². The molecule has 10 nitrogen and oxygen atoms in total. The molecule has 282 valence electrons. The molecule has 5 fully saturated rings. The molecule has 0 aromatic heterocycles. The predicted molar refractivity (Wildman–Crippen MR) is 187 cm³/mol. The number of aliphatic hydroxyl groups is 5. The maximum Gasteiger partial charge on any atom is 0.160 e. The van der Waals surface area contributed by atoms with Gasteiger partial charge in [0.25, 0.3) is 0 Å². The molecule has 1 saturated heterocycles. The standard InChI is InChI=1S/C41H58O10/c1-21-8-6-11-41(35(46)22(21)2)38(5,47)34-30(51-41)19-40(49)27-18-29(45)33-32-25-16-23(43)17-28(44)24(25)9-13-39(32,48)31(50-15-7-14-42)20-36(33,3)26(27)10-12-37(34,40)4/h16-18,21-22,26,30-35,42-44,46-49H,6-15,19-20H2,1-5H3/t21-,22-,26+,30-,31-,32+,33-,34+,35-,36+,37+,38+,39+,40-,41-/m0/s1. The van der Waals surface area contributed by atoms with Gasteiger partial charge in [-0.2, -0.15) is 0 Å². The van der Waals surface area contributed by atoms with Crippen molar-refractivity contribution < 1.29 is 50.0 Å². The Morgan fingerprint density at radius 1 is 0.980 bits per heavy atom. The lowest BCUT2D eigenvalue weighted by Gasteiger charge is -2.65. The highest BCUT2D eigenvalue weighted by atomic mass is 16.6. The number of hydrogen-bond acceptors (Lipinski definition) is 10. The number of hydrogen-bond donors (Lipinski definition) is 7. The van der Waals surface area contributed by atoms with E-state index in [1.165, 1.54) is 6.07 Å². The molecule has 10 heteroatoms. The molecule has 4 saturated carbocycles. The van der Waals surface area contributed by atoms with Crippen LogP contribution in [0.5, 0.6) is 11.5 Å². The quantitative estimate of drug-likeness (QED) is 0.226. The fraction of sp³-hybridized carbons (Fsp3) is 0.780. The lowest BCUT2D eigenvalue weighted by Crippen LogP contribution is -2.68. The summed E-state index contributed by atoms with van der Waals surface area (Å²) < 4.78 is 13.3. The molecule has 1 aromatic carbocycles. The number of allylic oxidation sites excluding steroid dienone is 1. The minimum atomic E-state index is -1.46. The summed E-state index contributed by atoms with van der Waals surface area (Å²) >= 11 is 0. The van der Waals surface area contributed by atoms with Crippen molar-refractivity contribution in [3.05, 3.63) is 34.9 Å². The second-order valence-electron chi connectivity index (χ2n) is 18.5. The largest absolute Gasteiger partial charge is 0.508 e. The first-order valence-corrected chi connectivity index (χ1v) is 19.5. The first-order chi connectivity index (χ1) is 23.9. The molecule has 1 aliphatic heterocycles. The SMILES string of the molecule is C[C@H]1[C@@H](C)CCC[C@]2(O[C@H]3C[C@]4(O)C5=CC(=O)[C@H]6[C@H]7c8cc(O)cc(O)c8CC[C@@]7(O)[C@@H](OCCCO)C[C@]6(C)[C@@H]5CC[C@]4(C)[C@@H]3[C@@]2(C)O)[C@H]1O. The van der Waals surface area contributed by atoms with Crippen molar-refractivity contribution in [2.75, 3.05) is 13.2 Å². The van der Waals surface area contributed by atoms with E-state index in [0.717, 1.165) is 12.8 Å². The summed E-state index contributed by atoms with van der Waals surface area (Å²) in [5.74, 6) is -2.44. The van der Waals surface area contributed by atoms with Crippen LogP contribution >= 0.6 is 0 Å². The smallest absolute Gasteiger partial charge is 0.160 e. The first-order valence-electron chi connectivity index (χ1n) is 19.5. The molecular weight excluding hydrogens is 652 g/mol. The number of ether oxygens (including phenoxy) is 2. The number of phenols is 2. The van der Waals surface area contributed by atoms with Crippen molar-refractivity contribution in [2.45, 2.75) is 145 Å². The zero-order valence-electron chi connectivity index (χ0n) is 30.8. The number of aromatic hydroxyl groups is 2. The van der Waals surface area contributed by atoms with E-state index in [1.54, 1.807) is 19.1 Å². The molecule has 6 aliphatic carbocycles. The topological polar surface area (TPSA) is 177 Å². The van der Waals surface area contributed by atoms with Gasteiger partial charge in [0.1, 0.15) is 17.1 Å². The van der Waals surface area contributed by atoms with E-state index >= 15 is 0 Å². The minimum absolute atomic E-state index is 0.0655. The molecule has 0 unspecified atom stereocenters. The Hall–Kier alpha value is -2.05. The maximum absolute atomic E-state index is 14.8. The van der Waals surface area contributed by atoms with E-state index in [1.807, 2.05) is 13.8 Å². The molecular formula is C41H58O10. The van der Waals surface area contributed by atoms with Crippen LogP contribution in [0.1, 0.15) is 109 Å². The summed E-state index contributed by atoms with van der Waals surface area (Å²) in [4.78, 5) is 14.8. The Bertz CT molecular complexity index is 1640. The number of carbonyl (C=O) groups is 1. The van der Waals surface area contributed by atoms with Gasteiger partial charge < -0.3 is 45.2 Å². The first kappa shape index (κ1) is 36.0. The summed E-state index contributed by atoms with van der Waals surface area (Å²) in [5, 5.41) is 81.4. The zero-order chi connectivity index (χ0) is 36.7. The lowest BCUT2D eigenvalue weighted by atomic mass is 9.41. The molecule has 8 rings (SSSR count). The van der Waals surface area contributed by atoms with Crippen molar-refractivity contribution in [3.63, 3.8) is 0 Å². The number of fused-ring (bicyclic) bond motifs is 11. The predicted octanol–water partition coefficient (Wildman–Crippen LogP) is 4.03. The fourth-order valence-corrected chi connectivity index (χ4v) is 13.6. The highest BCUT2D eigenvalue weighted by Gasteiger charge is 2.79. The summed E-state index contributed by atoms with van der Waals surface area (Å²) in [5.41, 5.74) is -5.33. The van der Waals surface area contributed by atoms with Crippen LogP contribution in [0.3, 0.4) is 0 Å². The van der Waals surface area contributed by atoms with E-state index < -0.39 is 69.3 Å². The van der Waals surface area contributed by atoms with Crippen LogP contribution in [0.2, 0.25) is 0 Å². The summed E-state index contributed by atoms with van der Waals surface area (Å²) in [6, 6.07) is 2.86. The van der Waals surface area contributed by atoms with Crippen LogP contribution in [0.15, 0.2) is 23.8 Å². The Labute approximate surface area is 300 Å². The number of rotatable bonds is 4. The van der Waals surface area contributed by atoms with Gasteiger partial charge >= 0.3 is 0 Å². The summed E-state index contributed by atoms with van der Waals surface area (Å²) in [6.07, 6.45) is 4.58. The average Bonchev–Trinajstić information content (AvgIpc) is 3.39. The zero-order valence-corrected chi connectivity index (χ0v) is 30.8. The lowest BCUT2D eigenvalue weighted by molar-refractivity contribution is -0.227. The molecule has 1 aromatic rings. The summed E-state index contributed by atoms with van der Waals surface area (Å²) in [6.45, 7) is 10.2. The van der Waals surface area contributed by atoms with Gasteiger partial charge in [-0.25, -0.2) is 0 Å².